The third-order valence-corrected chi connectivity index (χ3v) is 3.22. The Morgan fingerprint density at radius 3 is 3.12 bits per heavy atom. The van der Waals surface area contributed by atoms with E-state index < -0.39 is 0 Å². The molecule has 2 rings (SSSR count). The van der Waals surface area contributed by atoms with E-state index in [4.69, 9.17) is 17.3 Å². The predicted molar refractivity (Wildman–Crippen MR) is 65.9 cm³/mol. The van der Waals surface area contributed by atoms with Crippen LogP contribution in [0.25, 0.3) is 0 Å². The summed E-state index contributed by atoms with van der Waals surface area (Å²) in [5.74, 6) is 0.459. The number of nitrogens with zero attached hydrogens (tertiary/aromatic N) is 3. The van der Waals surface area contributed by atoms with Crippen molar-refractivity contribution in [2.24, 2.45) is 11.7 Å². The van der Waals surface area contributed by atoms with Crippen LogP contribution in [-0.4, -0.2) is 29.0 Å². The zero-order chi connectivity index (χ0) is 12.4. The molecule has 0 saturated carbocycles. The largest absolute Gasteiger partial charge is 0.369 e. The molecule has 1 aromatic heterocycles. The van der Waals surface area contributed by atoms with Gasteiger partial charge in [-0.25, -0.2) is 9.97 Å². The van der Waals surface area contributed by atoms with Crippen LogP contribution in [-0.2, 0) is 4.79 Å². The monoisotopic (exact) mass is 254 g/mol. The number of anilines is 1. The highest BCUT2D eigenvalue weighted by Gasteiger charge is 2.25. The molecule has 17 heavy (non-hydrogen) atoms. The average molecular weight is 255 g/mol. The normalized spacial score (nSPS) is 20.4. The van der Waals surface area contributed by atoms with Crippen molar-refractivity contribution in [2.75, 3.05) is 18.0 Å². The van der Waals surface area contributed by atoms with E-state index in [0.717, 1.165) is 30.8 Å². The molecule has 0 aliphatic carbocycles. The SMILES string of the molecule is Cc1cnc(Cl)nc1N1CCCC(C(N)=O)C1. The Labute approximate surface area is 105 Å². The lowest BCUT2D eigenvalue weighted by Gasteiger charge is -2.32. The molecule has 1 amide bonds. The first-order valence-electron chi connectivity index (χ1n) is 5.61. The molecule has 1 atom stereocenters. The fourth-order valence-corrected chi connectivity index (χ4v) is 2.26. The van der Waals surface area contributed by atoms with Gasteiger partial charge in [-0.05, 0) is 31.4 Å². The molecular formula is C11H15ClN4O. The van der Waals surface area contributed by atoms with Gasteiger partial charge in [-0.3, -0.25) is 4.79 Å². The van der Waals surface area contributed by atoms with Crippen molar-refractivity contribution in [3.63, 3.8) is 0 Å². The van der Waals surface area contributed by atoms with Crippen LogP contribution in [0.15, 0.2) is 6.20 Å². The van der Waals surface area contributed by atoms with Crippen LogP contribution >= 0.6 is 11.6 Å². The molecule has 92 valence electrons. The van der Waals surface area contributed by atoms with E-state index in [1.165, 1.54) is 0 Å². The minimum absolute atomic E-state index is 0.100. The molecule has 0 spiro atoms. The molecule has 1 fully saturated rings. The van der Waals surface area contributed by atoms with Gasteiger partial charge in [0.2, 0.25) is 11.2 Å². The smallest absolute Gasteiger partial charge is 0.224 e. The first kappa shape index (κ1) is 12.1. The Morgan fingerprint density at radius 2 is 2.41 bits per heavy atom. The summed E-state index contributed by atoms with van der Waals surface area (Å²) < 4.78 is 0. The number of nitrogens with two attached hydrogens (primary N) is 1. The van der Waals surface area contributed by atoms with Crippen molar-refractivity contribution in [3.8, 4) is 0 Å². The number of hydrogen-bond acceptors (Lipinski definition) is 4. The Hall–Kier alpha value is -1.36. The average Bonchev–Trinajstić information content (AvgIpc) is 2.32. The molecular weight excluding hydrogens is 240 g/mol. The lowest BCUT2D eigenvalue weighted by atomic mass is 9.97. The van der Waals surface area contributed by atoms with Crippen molar-refractivity contribution < 1.29 is 4.79 Å². The Balaban J connectivity index is 2.21. The molecule has 6 heteroatoms. The van der Waals surface area contributed by atoms with Crippen LogP contribution in [0.3, 0.4) is 0 Å². The molecule has 5 nitrogen and oxygen atoms in total. The minimum Gasteiger partial charge on any atom is -0.369 e. The van der Waals surface area contributed by atoms with E-state index in [1.54, 1.807) is 6.20 Å². The van der Waals surface area contributed by atoms with Crippen molar-refractivity contribution >= 4 is 23.3 Å². The van der Waals surface area contributed by atoms with Crippen molar-refractivity contribution in [1.29, 1.82) is 0 Å². The first-order chi connectivity index (χ1) is 8.08. The number of hydrogen-bond donors (Lipinski definition) is 1. The van der Waals surface area contributed by atoms with Crippen LogP contribution in [0.2, 0.25) is 5.28 Å². The van der Waals surface area contributed by atoms with Gasteiger partial charge in [-0.15, -0.1) is 0 Å². The Bertz CT molecular complexity index is 437. The predicted octanol–water partition coefficient (Wildman–Crippen LogP) is 1.14. The zero-order valence-electron chi connectivity index (χ0n) is 9.69. The molecule has 1 aromatic rings. The van der Waals surface area contributed by atoms with E-state index in [2.05, 4.69) is 14.9 Å². The molecule has 1 saturated heterocycles. The molecule has 0 bridgehead atoms. The van der Waals surface area contributed by atoms with Gasteiger partial charge in [-0.1, -0.05) is 0 Å². The molecule has 2 N–H and O–H groups in total. The first-order valence-corrected chi connectivity index (χ1v) is 5.99. The Kier molecular flexibility index (Phi) is 3.47. The van der Waals surface area contributed by atoms with Gasteiger partial charge in [-0.2, -0.15) is 0 Å². The molecule has 0 radical (unpaired) electrons. The van der Waals surface area contributed by atoms with Gasteiger partial charge >= 0.3 is 0 Å². The van der Waals surface area contributed by atoms with E-state index in [1.807, 2.05) is 6.92 Å². The summed E-state index contributed by atoms with van der Waals surface area (Å²) in [7, 11) is 0. The van der Waals surface area contributed by atoms with Crippen molar-refractivity contribution in [1.82, 2.24) is 9.97 Å². The van der Waals surface area contributed by atoms with Crippen LogP contribution < -0.4 is 10.6 Å². The van der Waals surface area contributed by atoms with E-state index in [0.29, 0.717) is 6.54 Å². The second kappa shape index (κ2) is 4.87. The molecule has 0 aromatic carbocycles. The summed E-state index contributed by atoms with van der Waals surface area (Å²) in [5, 5.41) is 0.229. The number of aryl methyl sites for hydroxylation is 1. The van der Waals surface area contributed by atoms with E-state index >= 15 is 0 Å². The number of primary amides is 1. The number of carbonyl (C=O) groups excluding carboxylic acids is 1. The van der Waals surface area contributed by atoms with E-state index in [-0.39, 0.29) is 17.1 Å². The quantitative estimate of drug-likeness (QED) is 0.804. The lowest BCUT2D eigenvalue weighted by Crippen LogP contribution is -2.41. The van der Waals surface area contributed by atoms with E-state index in [9.17, 15) is 4.79 Å². The summed E-state index contributed by atoms with van der Waals surface area (Å²) in [4.78, 5) is 21.4. The fraction of sp³-hybridized carbons (Fsp3) is 0.545. The van der Waals surface area contributed by atoms with Gasteiger partial charge in [0.05, 0.1) is 5.92 Å². The second-order valence-corrected chi connectivity index (χ2v) is 4.67. The number of piperidine rings is 1. The van der Waals surface area contributed by atoms with Gasteiger partial charge in [0, 0.05) is 24.8 Å². The van der Waals surface area contributed by atoms with Crippen LogP contribution in [0.5, 0.6) is 0 Å². The third kappa shape index (κ3) is 2.66. The summed E-state index contributed by atoms with van der Waals surface area (Å²) in [6, 6.07) is 0. The number of aromatic nitrogens is 2. The minimum atomic E-state index is -0.243. The van der Waals surface area contributed by atoms with Crippen molar-refractivity contribution in [3.05, 3.63) is 17.0 Å². The van der Waals surface area contributed by atoms with Crippen LogP contribution in [0.1, 0.15) is 18.4 Å². The van der Waals surface area contributed by atoms with Gasteiger partial charge < -0.3 is 10.6 Å². The summed E-state index contributed by atoms with van der Waals surface area (Å²) in [6.45, 7) is 3.42. The van der Waals surface area contributed by atoms with Crippen LogP contribution in [0.4, 0.5) is 5.82 Å². The molecule has 1 unspecified atom stereocenters. The highest BCUT2D eigenvalue weighted by molar-refractivity contribution is 6.28. The van der Waals surface area contributed by atoms with Gasteiger partial charge in [0.1, 0.15) is 5.82 Å². The standard InChI is InChI=1S/C11H15ClN4O/c1-7-5-14-11(12)15-10(7)16-4-2-3-8(6-16)9(13)17/h5,8H,2-4,6H2,1H3,(H2,13,17). The fourth-order valence-electron chi connectivity index (χ4n) is 2.13. The number of halogens is 1. The molecule has 1 aliphatic rings. The summed E-state index contributed by atoms with van der Waals surface area (Å²) in [5.41, 5.74) is 6.31. The van der Waals surface area contributed by atoms with Crippen LogP contribution in [0, 0.1) is 12.8 Å². The second-order valence-electron chi connectivity index (χ2n) is 4.33. The lowest BCUT2D eigenvalue weighted by molar-refractivity contribution is -0.122. The molecule has 2 heterocycles. The van der Waals surface area contributed by atoms with Gasteiger partial charge in [0.15, 0.2) is 0 Å². The Morgan fingerprint density at radius 1 is 1.65 bits per heavy atom. The zero-order valence-corrected chi connectivity index (χ0v) is 10.4. The number of amides is 1. The summed E-state index contributed by atoms with van der Waals surface area (Å²) >= 11 is 5.79. The number of carbonyl (C=O) groups is 1. The molecule has 1 aliphatic heterocycles. The highest BCUT2D eigenvalue weighted by Crippen LogP contribution is 2.24. The van der Waals surface area contributed by atoms with Gasteiger partial charge in [0.25, 0.3) is 0 Å². The number of rotatable bonds is 2. The highest BCUT2D eigenvalue weighted by atomic mass is 35.5. The maximum absolute atomic E-state index is 11.2. The maximum Gasteiger partial charge on any atom is 0.224 e. The summed E-state index contributed by atoms with van der Waals surface area (Å²) in [6.07, 6.45) is 3.48. The maximum atomic E-state index is 11.2. The van der Waals surface area contributed by atoms with Crippen molar-refractivity contribution in [2.45, 2.75) is 19.8 Å². The topological polar surface area (TPSA) is 72.1 Å². The third-order valence-electron chi connectivity index (χ3n) is 3.04.